The van der Waals surface area contributed by atoms with Crippen LogP contribution in [0.3, 0.4) is 0 Å². The van der Waals surface area contributed by atoms with Crippen LogP contribution in [-0.2, 0) is 16.1 Å². The third-order valence-corrected chi connectivity index (χ3v) is 4.35. The molecular formula is C18H23FN4O4. The molecule has 3 heterocycles. The Morgan fingerprint density at radius 3 is 2.63 bits per heavy atom. The van der Waals surface area contributed by atoms with Gasteiger partial charge in [-0.2, -0.15) is 4.99 Å². The molecule has 1 aromatic rings. The number of carbonyl (C=O) groups excluding carboxylic acids is 2. The van der Waals surface area contributed by atoms with E-state index in [1.807, 2.05) is 13.8 Å². The molecule has 0 aromatic carbocycles. The lowest BCUT2D eigenvalue weighted by atomic mass is 10.2. The fraction of sp³-hybridized carbons (Fsp3) is 0.556. The molecule has 8 nitrogen and oxygen atoms in total. The molecule has 1 aromatic heterocycles. The highest BCUT2D eigenvalue weighted by Gasteiger charge is 2.30. The van der Waals surface area contributed by atoms with Gasteiger partial charge in [0.05, 0.1) is 11.8 Å². The summed E-state index contributed by atoms with van der Waals surface area (Å²) >= 11 is 0. The second kappa shape index (κ2) is 7.99. The van der Waals surface area contributed by atoms with Crippen molar-refractivity contribution >= 4 is 23.5 Å². The minimum absolute atomic E-state index is 0.0795. The van der Waals surface area contributed by atoms with Crippen LogP contribution < -0.4 is 0 Å². The second-order valence-electron chi connectivity index (χ2n) is 6.77. The molecule has 0 aliphatic carbocycles. The van der Waals surface area contributed by atoms with Crippen molar-refractivity contribution in [3.63, 3.8) is 0 Å². The molecule has 1 unspecified atom stereocenters. The van der Waals surface area contributed by atoms with E-state index in [9.17, 15) is 14.0 Å². The fourth-order valence-electron chi connectivity index (χ4n) is 2.80. The fourth-order valence-corrected chi connectivity index (χ4v) is 2.80. The molecule has 0 spiro atoms. The van der Waals surface area contributed by atoms with Crippen LogP contribution in [0.15, 0.2) is 26.5 Å². The molecule has 1 saturated heterocycles. The van der Waals surface area contributed by atoms with Gasteiger partial charge in [-0.25, -0.2) is 9.38 Å². The van der Waals surface area contributed by atoms with E-state index in [2.05, 4.69) is 9.98 Å². The number of aliphatic imine (C=N–C) groups is 2. The summed E-state index contributed by atoms with van der Waals surface area (Å²) in [5.74, 6) is 0.0550. The van der Waals surface area contributed by atoms with E-state index in [0.29, 0.717) is 38.5 Å². The average Bonchev–Trinajstić information content (AvgIpc) is 3.12. The summed E-state index contributed by atoms with van der Waals surface area (Å²) in [6.45, 7) is 7.41. The first kappa shape index (κ1) is 19.2. The van der Waals surface area contributed by atoms with Gasteiger partial charge in [0, 0.05) is 26.2 Å². The van der Waals surface area contributed by atoms with E-state index in [0.717, 1.165) is 0 Å². The number of furan rings is 1. The van der Waals surface area contributed by atoms with Gasteiger partial charge in [0.15, 0.2) is 5.76 Å². The molecule has 0 saturated carbocycles. The van der Waals surface area contributed by atoms with E-state index < -0.39 is 12.1 Å². The zero-order chi connectivity index (χ0) is 19.6. The Hall–Kier alpha value is -2.55. The molecule has 3 rings (SSSR count). The molecule has 2 aliphatic rings. The van der Waals surface area contributed by atoms with Crippen LogP contribution in [0.2, 0.25) is 0 Å². The maximum atomic E-state index is 13.5. The number of alkyl halides is 1. The molecule has 146 valence electrons. The summed E-state index contributed by atoms with van der Waals surface area (Å²) in [5.41, 5.74) is 0.107. The van der Waals surface area contributed by atoms with Gasteiger partial charge in [0.1, 0.15) is 12.4 Å². The first-order chi connectivity index (χ1) is 12.8. The molecule has 1 atom stereocenters. The lowest BCUT2D eigenvalue weighted by Crippen LogP contribution is -2.51. The highest BCUT2D eigenvalue weighted by Crippen LogP contribution is 2.16. The number of ether oxygens (including phenoxy) is 1. The van der Waals surface area contributed by atoms with Gasteiger partial charge < -0.3 is 19.0 Å². The van der Waals surface area contributed by atoms with Crippen molar-refractivity contribution in [3.05, 3.63) is 23.7 Å². The maximum Gasteiger partial charge on any atom is 0.289 e. The zero-order valence-electron chi connectivity index (χ0n) is 15.6. The first-order valence-corrected chi connectivity index (χ1v) is 8.91. The Kier molecular flexibility index (Phi) is 5.69. The third-order valence-electron chi connectivity index (χ3n) is 4.35. The van der Waals surface area contributed by atoms with E-state index in [-0.39, 0.29) is 29.4 Å². The molecule has 2 amide bonds. The number of halogens is 1. The Bertz CT molecular complexity index is 778. The predicted octanol–water partition coefficient (Wildman–Crippen LogP) is 1.66. The van der Waals surface area contributed by atoms with Crippen molar-refractivity contribution in [2.24, 2.45) is 9.98 Å². The quantitative estimate of drug-likeness (QED) is 0.795. The third kappa shape index (κ3) is 4.41. The summed E-state index contributed by atoms with van der Waals surface area (Å²) < 4.78 is 24.5. The highest BCUT2D eigenvalue weighted by molar-refractivity contribution is 6.16. The van der Waals surface area contributed by atoms with E-state index >= 15 is 0 Å². The molecule has 27 heavy (non-hydrogen) atoms. The monoisotopic (exact) mass is 378 g/mol. The normalized spacial score (nSPS) is 20.8. The summed E-state index contributed by atoms with van der Waals surface area (Å²) in [7, 11) is 0. The van der Waals surface area contributed by atoms with E-state index in [1.165, 1.54) is 6.92 Å². The second-order valence-corrected chi connectivity index (χ2v) is 6.77. The van der Waals surface area contributed by atoms with Crippen LogP contribution >= 0.6 is 0 Å². The van der Waals surface area contributed by atoms with Crippen LogP contribution in [0, 0.1) is 0 Å². The van der Waals surface area contributed by atoms with Crippen LogP contribution in [0.25, 0.3) is 0 Å². The lowest BCUT2D eigenvalue weighted by Gasteiger charge is -2.35. The van der Waals surface area contributed by atoms with Crippen LogP contribution in [-0.4, -0.2) is 71.7 Å². The number of rotatable bonds is 4. The Balaban J connectivity index is 1.57. The molecule has 0 radical (unpaired) electrons. The van der Waals surface area contributed by atoms with Gasteiger partial charge in [-0.1, -0.05) is 0 Å². The summed E-state index contributed by atoms with van der Waals surface area (Å²) in [6.07, 6.45) is -1.68. The van der Waals surface area contributed by atoms with Gasteiger partial charge in [0.2, 0.25) is 12.1 Å². The summed E-state index contributed by atoms with van der Waals surface area (Å²) in [6, 6.07) is 3.38. The largest absolute Gasteiger partial charge is 0.453 e. The molecule has 2 aliphatic heterocycles. The highest BCUT2D eigenvalue weighted by atomic mass is 19.1. The topological polar surface area (TPSA) is 87.7 Å². The number of hydrogen-bond acceptors (Lipinski definition) is 6. The van der Waals surface area contributed by atoms with Crippen LogP contribution in [0.5, 0.6) is 0 Å². The minimum atomic E-state index is -1.76. The van der Waals surface area contributed by atoms with Crippen LogP contribution in [0.1, 0.15) is 37.1 Å². The average molecular weight is 378 g/mol. The molecule has 0 N–H and O–H groups in total. The van der Waals surface area contributed by atoms with Crippen molar-refractivity contribution in [1.29, 1.82) is 0 Å². The zero-order valence-corrected chi connectivity index (χ0v) is 15.6. The molecule has 9 heteroatoms. The van der Waals surface area contributed by atoms with E-state index in [4.69, 9.17) is 9.15 Å². The number of hydrogen-bond donors (Lipinski definition) is 0. The predicted molar refractivity (Wildman–Crippen MR) is 96.6 cm³/mol. The first-order valence-electron chi connectivity index (χ1n) is 8.91. The van der Waals surface area contributed by atoms with Crippen molar-refractivity contribution in [2.75, 3.05) is 26.2 Å². The van der Waals surface area contributed by atoms with Crippen LogP contribution in [0.4, 0.5) is 4.39 Å². The Labute approximate surface area is 156 Å². The summed E-state index contributed by atoms with van der Waals surface area (Å²) in [5, 5.41) is 0. The van der Waals surface area contributed by atoms with Crippen molar-refractivity contribution in [2.45, 2.75) is 39.7 Å². The summed E-state index contributed by atoms with van der Waals surface area (Å²) in [4.78, 5) is 35.4. The SMILES string of the molecule is CC1=NC(N2CCN(C(=O)c3ccc(COC(C)C)o3)CC2)=NC(=O)C1F. The van der Waals surface area contributed by atoms with Crippen molar-refractivity contribution in [1.82, 2.24) is 9.80 Å². The number of nitrogens with zero attached hydrogens (tertiary/aromatic N) is 4. The maximum absolute atomic E-state index is 13.5. The lowest BCUT2D eigenvalue weighted by molar-refractivity contribution is -0.120. The van der Waals surface area contributed by atoms with Gasteiger partial charge in [-0.15, -0.1) is 0 Å². The molecular weight excluding hydrogens is 355 g/mol. The molecule has 1 fully saturated rings. The number of carbonyl (C=O) groups is 2. The van der Waals surface area contributed by atoms with E-state index in [1.54, 1.807) is 21.9 Å². The molecule has 0 bridgehead atoms. The standard InChI is InChI=1S/C18H23FN4O4/c1-11(2)26-10-13-4-5-14(27-13)17(25)22-6-8-23(9-7-22)18-20-12(3)15(19)16(24)21-18/h4-5,11,15H,6-10H2,1-3H3. The smallest absolute Gasteiger partial charge is 0.289 e. The van der Waals surface area contributed by atoms with Gasteiger partial charge in [-0.3, -0.25) is 9.59 Å². The van der Waals surface area contributed by atoms with Crippen molar-refractivity contribution in [3.8, 4) is 0 Å². The van der Waals surface area contributed by atoms with Crippen molar-refractivity contribution < 1.29 is 23.1 Å². The Morgan fingerprint density at radius 1 is 1.30 bits per heavy atom. The van der Waals surface area contributed by atoms with Gasteiger partial charge >= 0.3 is 0 Å². The number of piperazine rings is 1. The number of guanidine groups is 1. The minimum Gasteiger partial charge on any atom is -0.453 e. The number of amides is 2. The van der Waals surface area contributed by atoms with Gasteiger partial charge in [0.25, 0.3) is 11.8 Å². The Morgan fingerprint density at radius 2 is 2.00 bits per heavy atom. The van der Waals surface area contributed by atoms with Gasteiger partial charge in [-0.05, 0) is 32.9 Å².